The molecule has 8 heteroatoms. The normalized spacial score (nSPS) is 11.0. The zero-order valence-electron chi connectivity index (χ0n) is 11.3. The molecule has 3 rings (SSSR count). The maximum absolute atomic E-state index is 13.0. The summed E-state index contributed by atoms with van der Waals surface area (Å²) in [5.74, 6) is -0.747. The molecule has 0 atom stereocenters. The Balaban J connectivity index is 1.94. The van der Waals surface area contributed by atoms with Gasteiger partial charge in [0.2, 0.25) is 0 Å². The number of hydrogen-bond donors (Lipinski definition) is 1. The molecular formula is C14H11FN4O2S. The first-order valence-electron chi connectivity index (χ1n) is 6.44. The van der Waals surface area contributed by atoms with Crippen LogP contribution in [0.15, 0.2) is 41.8 Å². The van der Waals surface area contributed by atoms with E-state index in [4.69, 9.17) is 5.11 Å². The van der Waals surface area contributed by atoms with E-state index >= 15 is 0 Å². The van der Waals surface area contributed by atoms with Gasteiger partial charge in [-0.3, -0.25) is 4.79 Å². The van der Waals surface area contributed by atoms with Crippen LogP contribution >= 0.6 is 11.8 Å². The summed E-state index contributed by atoms with van der Waals surface area (Å²) < 4.78 is 14.6. The fraction of sp³-hybridized carbons (Fsp3) is 0.143. The molecule has 0 bridgehead atoms. The average Bonchev–Trinajstić information content (AvgIpc) is 2.92. The van der Waals surface area contributed by atoms with Gasteiger partial charge in [0.05, 0.1) is 23.7 Å². The number of benzene rings is 1. The molecule has 0 unspecified atom stereocenters. The van der Waals surface area contributed by atoms with Crippen molar-refractivity contribution in [3.05, 3.63) is 42.6 Å². The van der Waals surface area contributed by atoms with Crippen LogP contribution in [0.3, 0.4) is 0 Å². The molecule has 0 amide bonds. The minimum Gasteiger partial charge on any atom is -0.481 e. The Labute approximate surface area is 129 Å². The molecule has 1 aromatic carbocycles. The van der Waals surface area contributed by atoms with Gasteiger partial charge in [-0.2, -0.15) is 5.10 Å². The van der Waals surface area contributed by atoms with E-state index in [2.05, 4.69) is 15.1 Å². The first-order chi connectivity index (χ1) is 10.6. The number of nitrogens with zero attached hydrogens (tertiary/aromatic N) is 4. The summed E-state index contributed by atoms with van der Waals surface area (Å²) in [6.45, 7) is 0. The van der Waals surface area contributed by atoms with Crippen molar-refractivity contribution in [1.29, 1.82) is 0 Å². The highest BCUT2D eigenvalue weighted by Crippen LogP contribution is 2.26. The van der Waals surface area contributed by atoms with Gasteiger partial charge in [0.1, 0.15) is 17.2 Å². The molecule has 2 heterocycles. The van der Waals surface area contributed by atoms with Crippen LogP contribution in [0.5, 0.6) is 0 Å². The van der Waals surface area contributed by atoms with Crippen LogP contribution in [0.1, 0.15) is 6.42 Å². The fourth-order valence-electron chi connectivity index (χ4n) is 1.94. The van der Waals surface area contributed by atoms with Crippen molar-refractivity contribution in [3.8, 4) is 5.69 Å². The van der Waals surface area contributed by atoms with Crippen LogP contribution in [-0.2, 0) is 4.79 Å². The lowest BCUT2D eigenvalue weighted by Gasteiger charge is -2.03. The summed E-state index contributed by atoms with van der Waals surface area (Å²) >= 11 is 1.34. The van der Waals surface area contributed by atoms with E-state index < -0.39 is 5.97 Å². The van der Waals surface area contributed by atoms with Crippen molar-refractivity contribution < 1.29 is 14.3 Å². The number of rotatable bonds is 5. The van der Waals surface area contributed by atoms with E-state index in [-0.39, 0.29) is 12.2 Å². The lowest BCUT2D eigenvalue weighted by atomic mass is 10.3. The van der Waals surface area contributed by atoms with Crippen molar-refractivity contribution in [2.75, 3.05) is 5.75 Å². The van der Waals surface area contributed by atoms with E-state index in [0.29, 0.717) is 22.1 Å². The summed E-state index contributed by atoms with van der Waals surface area (Å²) in [5.41, 5.74) is 1.29. The fourth-order valence-corrected chi connectivity index (χ4v) is 2.84. The molecule has 0 aliphatic rings. The van der Waals surface area contributed by atoms with Gasteiger partial charge in [-0.05, 0) is 24.3 Å². The number of carbonyl (C=O) groups is 1. The molecule has 3 aromatic rings. The Morgan fingerprint density at radius 2 is 2.05 bits per heavy atom. The summed E-state index contributed by atoms with van der Waals surface area (Å²) in [5, 5.41) is 14.4. The van der Waals surface area contributed by atoms with Gasteiger partial charge in [-0.15, -0.1) is 11.8 Å². The first kappa shape index (κ1) is 14.5. The van der Waals surface area contributed by atoms with Gasteiger partial charge in [0.25, 0.3) is 0 Å². The number of aromatic nitrogens is 4. The largest absolute Gasteiger partial charge is 0.481 e. The number of halogens is 1. The average molecular weight is 318 g/mol. The minimum atomic E-state index is -0.847. The maximum atomic E-state index is 13.0. The first-order valence-corrected chi connectivity index (χ1v) is 7.43. The quantitative estimate of drug-likeness (QED) is 0.575. The van der Waals surface area contributed by atoms with E-state index in [1.54, 1.807) is 23.0 Å². The third kappa shape index (κ3) is 2.91. The van der Waals surface area contributed by atoms with Gasteiger partial charge in [0.15, 0.2) is 5.65 Å². The number of carboxylic acid groups (broad SMARTS) is 1. The van der Waals surface area contributed by atoms with Crippen LogP contribution < -0.4 is 0 Å². The SMILES string of the molecule is O=C(O)CCSc1ncnc2c1cnn2-c1ccc(F)cc1. The van der Waals surface area contributed by atoms with E-state index in [1.165, 1.54) is 30.2 Å². The minimum absolute atomic E-state index is 0.0578. The van der Waals surface area contributed by atoms with Gasteiger partial charge >= 0.3 is 5.97 Å². The van der Waals surface area contributed by atoms with E-state index in [0.717, 1.165) is 5.39 Å². The molecule has 0 fully saturated rings. The Bertz CT molecular complexity index is 819. The molecule has 0 spiro atoms. The molecule has 0 radical (unpaired) electrons. The van der Waals surface area contributed by atoms with Crippen LogP contribution in [0.25, 0.3) is 16.7 Å². The van der Waals surface area contributed by atoms with Crippen molar-refractivity contribution in [2.24, 2.45) is 0 Å². The van der Waals surface area contributed by atoms with Crippen molar-refractivity contribution >= 4 is 28.8 Å². The monoisotopic (exact) mass is 318 g/mol. The highest BCUT2D eigenvalue weighted by molar-refractivity contribution is 7.99. The van der Waals surface area contributed by atoms with Crippen molar-refractivity contribution in [2.45, 2.75) is 11.4 Å². The van der Waals surface area contributed by atoms with E-state index in [1.807, 2.05) is 0 Å². The summed E-state index contributed by atoms with van der Waals surface area (Å²) in [4.78, 5) is 19.0. The molecule has 1 N–H and O–H groups in total. The number of aliphatic carboxylic acids is 1. The Morgan fingerprint density at radius 1 is 1.27 bits per heavy atom. The summed E-state index contributed by atoms with van der Waals surface area (Å²) in [6.07, 6.45) is 3.09. The lowest BCUT2D eigenvalue weighted by Crippen LogP contribution is -1.99. The van der Waals surface area contributed by atoms with Gasteiger partial charge in [-0.25, -0.2) is 19.0 Å². The van der Waals surface area contributed by atoms with Crippen molar-refractivity contribution in [1.82, 2.24) is 19.7 Å². The summed E-state index contributed by atoms with van der Waals surface area (Å²) in [7, 11) is 0. The third-order valence-electron chi connectivity index (χ3n) is 2.96. The second-order valence-electron chi connectivity index (χ2n) is 4.44. The van der Waals surface area contributed by atoms with Crippen LogP contribution in [0, 0.1) is 5.82 Å². The van der Waals surface area contributed by atoms with Crippen LogP contribution in [0.4, 0.5) is 4.39 Å². The third-order valence-corrected chi connectivity index (χ3v) is 3.96. The zero-order valence-corrected chi connectivity index (χ0v) is 12.1. The van der Waals surface area contributed by atoms with Crippen molar-refractivity contribution in [3.63, 3.8) is 0 Å². The molecule has 6 nitrogen and oxygen atoms in total. The molecule has 0 aliphatic heterocycles. The molecule has 2 aromatic heterocycles. The molecule has 22 heavy (non-hydrogen) atoms. The van der Waals surface area contributed by atoms with Crippen LogP contribution in [-0.4, -0.2) is 36.6 Å². The van der Waals surface area contributed by atoms with Gasteiger partial charge in [-0.1, -0.05) is 0 Å². The summed E-state index contributed by atoms with van der Waals surface area (Å²) in [6, 6.07) is 5.93. The highest BCUT2D eigenvalue weighted by atomic mass is 32.2. The number of fused-ring (bicyclic) bond motifs is 1. The number of hydrogen-bond acceptors (Lipinski definition) is 5. The van der Waals surface area contributed by atoms with Gasteiger partial charge < -0.3 is 5.11 Å². The Kier molecular flexibility index (Phi) is 4.01. The Morgan fingerprint density at radius 3 is 2.77 bits per heavy atom. The molecular weight excluding hydrogens is 307 g/mol. The standard InChI is InChI=1S/C14H11FN4O2S/c15-9-1-3-10(4-2-9)19-13-11(7-18-19)14(17-8-16-13)22-6-5-12(20)21/h1-4,7-8H,5-6H2,(H,20,21). The predicted octanol–water partition coefficient (Wildman–Crippen LogP) is 2.52. The Hall–Kier alpha value is -2.48. The molecule has 0 aliphatic carbocycles. The molecule has 112 valence electrons. The van der Waals surface area contributed by atoms with E-state index in [9.17, 15) is 9.18 Å². The smallest absolute Gasteiger partial charge is 0.304 e. The lowest BCUT2D eigenvalue weighted by molar-refractivity contribution is -0.136. The molecule has 0 saturated heterocycles. The second-order valence-corrected chi connectivity index (χ2v) is 5.52. The predicted molar refractivity (Wildman–Crippen MR) is 79.6 cm³/mol. The highest BCUT2D eigenvalue weighted by Gasteiger charge is 2.12. The topological polar surface area (TPSA) is 80.9 Å². The maximum Gasteiger partial charge on any atom is 0.304 e. The molecule has 0 saturated carbocycles. The second kappa shape index (κ2) is 6.10. The van der Waals surface area contributed by atoms with Gasteiger partial charge in [0, 0.05) is 5.75 Å². The zero-order chi connectivity index (χ0) is 15.5. The van der Waals surface area contributed by atoms with Crippen LogP contribution in [0.2, 0.25) is 0 Å². The number of carboxylic acids is 1. The number of thioether (sulfide) groups is 1.